The molecule has 0 aromatic heterocycles. The Morgan fingerprint density at radius 2 is 1.95 bits per heavy atom. The van der Waals surface area contributed by atoms with Crippen LogP contribution in [0.5, 0.6) is 5.75 Å². The molecule has 1 heterocycles. The van der Waals surface area contributed by atoms with E-state index in [2.05, 4.69) is 39.8 Å². The fourth-order valence-corrected chi connectivity index (χ4v) is 4.66. The Kier molecular flexibility index (Phi) is 3.13. The maximum absolute atomic E-state index is 10.6. The Morgan fingerprint density at radius 1 is 1.20 bits per heavy atom. The molecular weight excluding hydrogens is 248 g/mol. The predicted octanol–water partition coefficient (Wildman–Crippen LogP) is 4.40. The van der Waals surface area contributed by atoms with E-state index < -0.39 is 0 Å². The minimum Gasteiger partial charge on any atom is -0.487 e. The van der Waals surface area contributed by atoms with Gasteiger partial charge in [0.15, 0.2) is 0 Å². The second-order valence-electron chi connectivity index (χ2n) is 7.90. The number of ether oxygens (including phenoxy) is 1. The molecule has 1 aromatic carbocycles. The molecule has 3 atom stereocenters. The molecule has 2 heteroatoms. The van der Waals surface area contributed by atoms with Crippen molar-refractivity contribution in [3.63, 3.8) is 0 Å². The molecular formula is C18H26O2. The van der Waals surface area contributed by atoms with Gasteiger partial charge in [0.2, 0.25) is 0 Å². The number of benzene rings is 1. The van der Waals surface area contributed by atoms with E-state index in [9.17, 15) is 5.11 Å². The van der Waals surface area contributed by atoms with Crippen LogP contribution in [-0.4, -0.2) is 10.7 Å². The summed E-state index contributed by atoms with van der Waals surface area (Å²) < 4.78 is 6.43. The van der Waals surface area contributed by atoms with Gasteiger partial charge in [-0.1, -0.05) is 32.4 Å². The number of aliphatic hydroxyl groups is 1. The Morgan fingerprint density at radius 3 is 2.65 bits per heavy atom. The molecule has 1 saturated carbocycles. The molecule has 2 nitrogen and oxygen atoms in total. The van der Waals surface area contributed by atoms with E-state index >= 15 is 0 Å². The zero-order chi connectivity index (χ0) is 14.5. The van der Waals surface area contributed by atoms with E-state index in [-0.39, 0.29) is 11.7 Å². The second-order valence-corrected chi connectivity index (χ2v) is 7.90. The quantitative estimate of drug-likeness (QED) is 0.760. The number of hydrogen-bond acceptors (Lipinski definition) is 2. The summed E-state index contributed by atoms with van der Waals surface area (Å²) in [5, 5.41) is 10.6. The average Bonchev–Trinajstić information content (AvgIpc) is 2.27. The van der Waals surface area contributed by atoms with Crippen molar-refractivity contribution in [2.24, 2.45) is 11.3 Å². The van der Waals surface area contributed by atoms with Crippen molar-refractivity contribution in [2.75, 3.05) is 0 Å². The third-order valence-electron chi connectivity index (χ3n) is 4.84. The van der Waals surface area contributed by atoms with E-state index in [0.29, 0.717) is 11.3 Å². The van der Waals surface area contributed by atoms with E-state index in [1.807, 2.05) is 6.07 Å². The summed E-state index contributed by atoms with van der Waals surface area (Å²) in [6.45, 7) is 9.02. The lowest BCUT2D eigenvalue weighted by molar-refractivity contribution is -0.0822. The summed E-state index contributed by atoms with van der Waals surface area (Å²) in [5.41, 5.74) is 2.26. The van der Waals surface area contributed by atoms with Crippen LogP contribution in [0.15, 0.2) is 18.2 Å². The minimum atomic E-state index is -0.389. The number of aliphatic hydroxyl groups excluding tert-OH is 1. The molecule has 1 aromatic rings. The number of hydrogen-bond donors (Lipinski definition) is 1. The van der Waals surface area contributed by atoms with Gasteiger partial charge in [0.05, 0.1) is 6.10 Å². The topological polar surface area (TPSA) is 29.5 Å². The summed E-state index contributed by atoms with van der Waals surface area (Å²) >= 11 is 0. The molecule has 0 saturated heterocycles. The molecule has 0 radical (unpaired) electrons. The van der Waals surface area contributed by atoms with Crippen molar-refractivity contribution >= 4 is 0 Å². The van der Waals surface area contributed by atoms with Gasteiger partial charge in [-0.2, -0.15) is 0 Å². The molecule has 0 amide bonds. The van der Waals surface area contributed by atoms with Crippen molar-refractivity contribution in [2.45, 2.75) is 65.1 Å². The monoisotopic (exact) mass is 274 g/mol. The molecule has 1 aliphatic carbocycles. The maximum atomic E-state index is 10.6. The van der Waals surface area contributed by atoms with Crippen molar-refractivity contribution in [1.82, 2.24) is 0 Å². The highest BCUT2D eigenvalue weighted by Gasteiger charge is 2.48. The summed E-state index contributed by atoms with van der Waals surface area (Å²) in [6, 6.07) is 6.16. The van der Waals surface area contributed by atoms with E-state index in [4.69, 9.17) is 4.74 Å². The lowest BCUT2D eigenvalue weighted by Crippen LogP contribution is -2.49. The van der Waals surface area contributed by atoms with Gasteiger partial charge in [0.1, 0.15) is 11.4 Å². The van der Waals surface area contributed by atoms with Crippen LogP contribution in [0, 0.1) is 18.3 Å². The van der Waals surface area contributed by atoms with Crippen LogP contribution in [0.3, 0.4) is 0 Å². The third kappa shape index (κ3) is 2.46. The van der Waals surface area contributed by atoms with Gasteiger partial charge in [-0.3, -0.25) is 0 Å². The zero-order valence-electron chi connectivity index (χ0n) is 13.1. The minimum absolute atomic E-state index is 0.178. The molecule has 110 valence electrons. The van der Waals surface area contributed by atoms with E-state index in [1.54, 1.807) is 0 Å². The normalized spacial score (nSPS) is 35.5. The van der Waals surface area contributed by atoms with Crippen molar-refractivity contribution in [1.29, 1.82) is 0 Å². The number of aryl methyl sites for hydroxylation is 1. The first-order chi connectivity index (χ1) is 9.29. The smallest absolute Gasteiger partial charge is 0.125 e. The van der Waals surface area contributed by atoms with E-state index in [0.717, 1.165) is 30.6 Å². The van der Waals surface area contributed by atoms with Gasteiger partial charge in [-0.15, -0.1) is 0 Å². The van der Waals surface area contributed by atoms with Gasteiger partial charge in [-0.25, -0.2) is 0 Å². The molecule has 2 aliphatic rings. The average molecular weight is 274 g/mol. The first kappa shape index (κ1) is 13.9. The van der Waals surface area contributed by atoms with Crippen molar-refractivity contribution < 1.29 is 9.84 Å². The molecule has 20 heavy (non-hydrogen) atoms. The number of fused-ring (bicyclic) bond motifs is 1. The summed E-state index contributed by atoms with van der Waals surface area (Å²) in [5.74, 6) is 1.54. The van der Waals surface area contributed by atoms with Gasteiger partial charge in [-0.05, 0) is 49.7 Å². The number of rotatable bonds is 0. The summed E-state index contributed by atoms with van der Waals surface area (Å²) in [7, 11) is 0. The lowest BCUT2D eigenvalue weighted by Gasteiger charge is -2.50. The Balaban J connectivity index is 1.96. The van der Waals surface area contributed by atoms with Crippen LogP contribution in [0.25, 0.3) is 0 Å². The summed E-state index contributed by atoms with van der Waals surface area (Å²) in [6.07, 6.45) is 3.68. The molecule has 1 spiro atoms. The van der Waals surface area contributed by atoms with Gasteiger partial charge in [0.25, 0.3) is 0 Å². The fourth-order valence-electron chi connectivity index (χ4n) is 4.66. The lowest BCUT2D eigenvalue weighted by atomic mass is 9.63. The predicted molar refractivity (Wildman–Crippen MR) is 80.9 cm³/mol. The van der Waals surface area contributed by atoms with Crippen molar-refractivity contribution in [3.8, 4) is 5.75 Å². The SMILES string of the molecule is Cc1ccc2c(c1)C(O)CC1(CC(C)CC(C)(C)C1)O2. The summed E-state index contributed by atoms with van der Waals surface area (Å²) in [4.78, 5) is 0. The molecule has 1 aliphatic heterocycles. The third-order valence-corrected chi connectivity index (χ3v) is 4.84. The van der Waals surface area contributed by atoms with Crippen LogP contribution in [0.4, 0.5) is 0 Å². The maximum Gasteiger partial charge on any atom is 0.125 e. The first-order valence-electron chi connectivity index (χ1n) is 7.76. The van der Waals surface area contributed by atoms with Crippen LogP contribution in [0.1, 0.15) is 63.7 Å². The standard InChI is InChI=1S/C18H26O2/c1-12-5-6-16-14(7-12)15(19)10-18(20-16)9-13(2)8-17(3,4)11-18/h5-7,13,15,19H,8-11H2,1-4H3. The highest BCUT2D eigenvalue weighted by atomic mass is 16.5. The molecule has 3 unspecified atom stereocenters. The van der Waals surface area contributed by atoms with Crippen LogP contribution >= 0.6 is 0 Å². The molecule has 1 N–H and O–H groups in total. The highest BCUT2D eigenvalue weighted by Crippen LogP contribution is 2.52. The molecule has 3 rings (SSSR count). The zero-order valence-corrected chi connectivity index (χ0v) is 13.1. The first-order valence-corrected chi connectivity index (χ1v) is 7.76. The largest absolute Gasteiger partial charge is 0.487 e. The van der Waals surface area contributed by atoms with Crippen LogP contribution < -0.4 is 4.74 Å². The van der Waals surface area contributed by atoms with Crippen LogP contribution in [0.2, 0.25) is 0 Å². The highest BCUT2D eigenvalue weighted by molar-refractivity contribution is 5.41. The van der Waals surface area contributed by atoms with E-state index in [1.165, 1.54) is 12.0 Å². The Labute approximate surface area is 122 Å². The molecule has 0 bridgehead atoms. The second kappa shape index (κ2) is 4.49. The van der Waals surface area contributed by atoms with Gasteiger partial charge < -0.3 is 9.84 Å². The van der Waals surface area contributed by atoms with Gasteiger partial charge >= 0.3 is 0 Å². The Hall–Kier alpha value is -1.02. The van der Waals surface area contributed by atoms with Gasteiger partial charge in [0, 0.05) is 12.0 Å². The Bertz CT molecular complexity index is 520. The van der Waals surface area contributed by atoms with Crippen molar-refractivity contribution in [3.05, 3.63) is 29.3 Å². The molecule has 1 fully saturated rings. The fraction of sp³-hybridized carbons (Fsp3) is 0.667. The van der Waals surface area contributed by atoms with Crippen LogP contribution in [-0.2, 0) is 0 Å².